The van der Waals surface area contributed by atoms with Crippen molar-refractivity contribution in [1.82, 2.24) is 14.5 Å². The zero-order valence-corrected chi connectivity index (χ0v) is 14.4. The van der Waals surface area contributed by atoms with Crippen molar-refractivity contribution in [3.05, 3.63) is 54.2 Å². The molecule has 0 saturated heterocycles. The second kappa shape index (κ2) is 6.59. The van der Waals surface area contributed by atoms with Crippen LogP contribution in [0.15, 0.2) is 47.1 Å². The number of benzene rings is 1. The molecule has 0 aliphatic rings. The van der Waals surface area contributed by atoms with Gasteiger partial charge in [0, 0.05) is 13.1 Å². The molecule has 0 aliphatic carbocycles. The van der Waals surface area contributed by atoms with E-state index in [2.05, 4.69) is 55.5 Å². The summed E-state index contributed by atoms with van der Waals surface area (Å²) in [7, 11) is 2.09. The zero-order chi connectivity index (χ0) is 16.4. The van der Waals surface area contributed by atoms with E-state index in [4.69, 9.17) is 9.40 Å². The van der Waals surface area contributed by atoms with Crippen LogP contribution in [0.25, 0.3) is 11.0 Å². The first-order valence-electron chi connectivity index (χ1n) is 8.23. The highest BCUT2D eigenvalue weighted by Gasteiger charge is 2.21. The fourth-order valence-electron chi connectivity index (χ4n) is 2.89. The molecule has 2 heterocycles. The van der Waals surface area contributed by atoms with Crippen LogP contribution in [0.4, 0.5) is 0 Å². The number of rotatable bonds is 6. The number of imidazole rings is 1. The van der Waals surface area contributed by atoms with E-state index in [9.17, 15) is 0 Å². The third-order valence-electron chi connectivity index (χ3n) is 4.70. The second-order valence-electron chi connectivity index (χ2n) is 6.54. The van der Waals surface area contributed by atoms with Crippen LogP contribution in [-0.4, -0.2) is 20.5 Å². The number of aryl methyl sites for hydroxylation is 1. The molecule has 122 valence electrons. The highest BCUT2D eigenvalue weighted by atomic mass is 16.3. The van der Waals surface area contributed by atoms with Gasteiger partial charge in [-0.2, -0.15) is 0 Å². The maximum atomic E-state index is 5.55. The van der Waals surface area contributed by atoms with Crippen LogP contribution in [0.2, 0.25) is 0 Å². The molecule has 0 aliphatic heterocycles. The number of hydrogen-bond donors (Lipinski definition) is 0. The SMILES string of the molecule is CC(C)[C@@H](C)N(Cc1ccco1)Cc1nc2ccccc2n1C. The van der Waals surface area contributed by atoms with E-state index in [0.29, 0.717) is 12.0 Å². The van der Waals surface area contributed by atoms with E-state index in [-0.39, 0.29) is 0 Å². The first-order valence-corrected chi connectivity index (χ1v) is 8.23. The third-order valence-corrected chi connectivity index (χ3v) is 4.70. The fourth-order valence-corrected chi connectivity index (χ4v) is 2.89. The first-order chi connectivity index (χ1) is 11.1. The van der Waals surface area contributed by atoms with E-state index in [0.717, 1.165) is 30.2 Å². The van der Waals surface area contributed by atoms with Crippen molar-refractivity contribution >= 4 is 11.0 Å². The van der Waals surface area contributed by atoms with Crippen molar-refractivity contribution in [1.29, 1.82) is 0 Å². The zero-order valence-electron chi connectivity index (χ0n) is 14.4. The number of fused-ring (bicyclic) bond motifs is 1. The Balaban J connectivity index is 1.88. The van der Waals surface area contributed by atoms with Gasteiger partial charge >= 0.3 is 0 Å². The molecule has 0 N–H and O–H groups in total. The van der Waals surface area contributed by atoms with Gasteiger partial charge < -0.3 is 8.98 Å². The largest absolute Gasteiger partial charge is 0.468 e. The minimum absolute atomic E-state index is 0.444. The Hall–Kier alpha value is -2.07. The maximum Gasteiger partial charge on any atom is 0.123 e. The van der Waals surface area contributed by atoms with E-state index in [1.165, 1.54) is 5.52 Å². The van der Waals surface area contributed by atoms with Gasteiger partial charge in [0.05, 0.1) is 30.4 Å². The van der Waals surface area contributed by atoms with Crippen LogP contribution in [-0.2, 0) is 20.1 Å². The van der Waals surface area contributed by atoms with Gasteiger partial charge in [-0.25, -0.2) is 4.98 Å². The molecular formula is C19H25N3O. The molecule has 3 aromatic rings. The summed E-state index contributed by atoms with van der Waals surface area (Å²) in [4.78, 5) is 7.25. The normalized spacial score (nSPS) is 13.3. The summed E-state index contributed by atoms with van der Waals surface area (Å²) in [6.07, 6.45) is 1.74. The van der Waals surface area contributed by atoms with E-state index >= 15 is 0 Å². The van der Waals surface area contributed by atoms with Gasteiger partial charge in [-0.1, -0.05) is 26.0 Å². The van der Waals surface area contributed by atoms with Crippen LogP contribution in [0.5, 0.6) is 0 Å². The summed E-state index contributed by atoms with van der Waals surface area (Å²) < 4.78 is 7.74. The van der Waals surface area contributed by atoms with Crippen LogP contribution in [0, 0.1) is 5.92 Å². The predicted octanol–water partition coefficient (Wildman–Crippen LogP) is 4.21. The number of hydrogen-bond acceptors (Lipinski definition) is 3. The molecule has 2 aromatic heterocycles. The lowest BCUT2D eigenvalue weighted by Crippen LogP contribution is -2.36. The van der Waals surface area contributed by atoms with Crippen molar-refractivity contribution in [3.8, 4) is 0 Å². The standard InChI is InChI=1S/C19H25N3O/c1-14(2)15(3)22(12-16-8-7-11-23-16)13-19-20-17-9-5-6-10-18(17)21(19)4/h5-11,14-15H,12-13H2,1-4H3/t15-/m1/s1. The van der Waals surface area contributed by atoms with Crippen LogP contribution in [0.3, 0.4) is 0 Å². The van der Waals surface area contributed by atoms with Gasteiger partial charge in [-0.15, -0.1) is 0 Å². The van der Waals surface area contributed by atoms with Crippen LogP contribution in [0.1, 0.15) is 32.4 Å². The van der Waals surface area contributed by atoms with Crippen molar-refractivity contribution < 1.29 is 4.42 Å². The topological polar surface area (TPSA) is 34.2 Å². The van der Waals surface area contributed by atoms with Crippen molar-refractivity contribution in [2.24, 2.45) is 13.0 Å². The molecule has 0 bridgehead atoms. The van der Waals surface area contributed by atoms with Crippen molar-refractivity contribution in [3.63, 3.8) is 0 Å². The Labute approximate surface area is 137 Å². The summed E-state index contributed by atoms with van der Waals surface area (Å²) in [5, 5.41) is 0. The summed E-state index contributed by atoms with van der Waals surface area (Å²) in [5.41, 5.74) is 2.23. The minimum Gasteiger partial charge on any atom is -0.468 e. The fraction of sp³-hybridized carbons (Fsp3) is 0.421. The number of furan rings is 1. The summed E-state index contributed by atoms with van der Waals surface area (Å²) in [6, 6.07) is 12.7. The molecule has 0 saturated carbocycles. The average molecular weight is 311 g/mol. The highest BCUT2D eigenvalue weighted by molar-refractivity contribution is 5.75. The Morgan fingerprint density at radius 2 is 1.87 bits per heavy atom. The smallest absolute Gasteiger partial charge is 0.123 e. The first kappa shape index (κ1) is 15.8. The van der Waals surface area contributed by atoms with E-state index in [1.807, 2.05) is 18.2 Å². The molecule has 1 atom stereocenters. The molecule has 0 unspecified atom stereocenters. The highest BCUT2D eigenvalue weighted by Crippen LogP contribution is 2.20. The van der Waals surface area contributed by atoms with Crippen LogP contribution < -0.4 is 0 Å². The molecule has 1 aromatic carbocycles. The van der Waals surface area contributed by atoms with Crippen molar-refractivity contribution in [2.75, 3.05) is 0 Å². The van der Waals surface area contributed by atoms with E-state index in [1.54, 1.807) is 6.26 Å². The Morgan fingerprint density at radius 1 is 1.09 bits per heavy atom. The lowest BCUT2D eigenvalue weighted by molar-refractivity contribution is 0.136. The number of aromatic nitrogens is 2. The molecule has 0 amide bonds. The van der Waals surface area contributed by atoms with Gasteiger partial charge in [0.25, 0.3) is 0 Å². The lowest BCUT2D eigenvalue weighted by atomic mass is 10.0. The van der Waals surface area contributed by atoms with E-state index < -0.39 is 0 Å². The summed E-state index contributed by atoms with van der Waals surface area (Å²) in [6.45, 7) is 8.40. The monoisotopic (exact) mass is 311 g/mol. The molecule has 23 heavy (non-hydrogen) atoms. The predicted molar refractivity (Wildman–Crippen MR) is 93.0 cm³/mol. The minimum atomic E-state index is 0.444. The van der Waals surface area contributed by atoms with Gasteiger partial charge in [0.2, 0.25) is 0 Å². The Morgan fingerprint density at radius 3 is 2.52 bits per heavy atom. The molecule has 0 fully saturated rings. The number of para-hydroxylation sites is 2. The molecule has 4 heteroatoms. The van der Waals surface area contributed by atoms with Crippen molar-refractivity contribution in [2.45, 2.75) is 39.9 Å². The molecule has 0 spiro atoms. The van der Waals surface area contributed by atoms with Gasteiger partial charge in [0.1, 0.15) is 11.6 Å². The Kier molecular flexibility index (Phi) is 4.53. The van der Waals surface area contributed by atoms with Gasteiger partial charge in [-0.3, -0.25) is 4.90 Å². The van der Waals surface area contributed by atoms with Gasteiger partial charge in [0.15, 0.2) is 0 Å². The Bertz CT molecular complexity index is 758. The third kappa shape index (κ3) is 3.32. The maximum absolute atomic E-state index is 5.55. The molecular weight excluding hydrogens is 286 g/mol. The molecule has 3 rings (SSSR count). The summed E-state index contributed by atoms with van der Waals surface area (Å²) in [5.74, 6) is 2.65. The van der Waals surface area contributed by atoms with Gasteiger partial charge in [-0.05, 0) is 37.1 Å². The average Bonchev–Trinajstić information content (AvgIpc) is 3.15. The van der Waals surface area contributed by atoms with Crippen LogP contribution >= 0.6 is 0 Å². The molecule has 0 radical (unpaired) electrons. The molecule has 4 nitrogen and oxygen atoms in total. The number of nitrogens with zero attached hydrogens (tertiary/aromatic N) is 3. The second-order valence-corrected chi connectivity index (χ2v) is 6.54. The summed E-state index contributed by atoms with van der Waals surface area (Å²) >= 11 is 0. The lowest BCUT2D eigenvalue weighted by Gasteiger charge is -2.30. The quantitative estimate of drug-likeness (QED) is 0.684.